The lowest BCUT2D eigenvalue weighted by molar-refractivity contribution is 0.696. The third-order valence-corrected chi connectivity index (χ3v) is 3.64. The fourth-order valence-corrected chi connectivity index (χ4v) is 2.06. The van der Waals surface area contributed by atoms with Crippen LogP contribution in [0.3, 0.4) is 0 Å². The third kappa shape index (κ3) is 43.4. The Hall–Kier alpha value is -1.30. The summed E-state index contributed by atoms with van der Waals surface area (Å²) in [4.78, 5) is 0. The fourth-order valence-electron chi connectivity index (χ4n) is 2.06. The van der Waals surface area contributed by atoms with Gasteiger partial charge in [-0.05, 0) is 78.1 Å². The Balaban J connectivity index is -0.000000319. The van der Waals surface area contributed by atoms with Gasteiger partial charge in [0.1, 0.15) is 0 Å². The monoisotopic (exact) mass is 360 g/mol. The van der Waals surface area contributed by atoms with Crippen LogP contribution in [0.25, 0.3) is 0 Å². The standard InChI is InChI=1S/C11H20.C9H16.C6H12/c1-3-5-7-9-11-10-8-6-4-2;1-3-5-7-9-8-6-4-2;1-3-5-6-4-2/h3,6,8H,1,4-5,7,9-11H2,2H3;3-4,6H,1,5,7-9H2,2H3;3,5H,4,6H2,1-2H3. The molecule has 0 nitrogen and oxygen atoms in total. The van der Waals surface area contributed by atoms with E-state index in [9.17, 15) is 0 Å². The second-order valence-electron chi connectivity index (χ2n) is 6.31. The van der Waals surface area contributed by atoms with Crippen LogP contribution in [-0.4, -0.2) is 0 Å². The second-order valence-corrected chi connectivity index (χ2v) is 6.31. The zero-order valence-corrected chi connectivity index (χ0v) is 18.5. The van der Waals surface area contributed by atoms with Crippen molar-refractivity contribution in [3.63, 3.8) is 0 Å². The summed E-state index contributed by atoms with van der Waals surface area (Å²) < 4.78 is 0. The van der Waals surface area contributed by atoms with Crippen molar-refractivity contribution in [2.45, 2.75) is 105 Å². The van der Waals surface area contributed by atoms with Crippen molar-refractivity contribution in [3.8, 4) is 0 Å². The number of rotatable bonds is 14. The predicted octanol–water partition coefficient (Wildman–Crippen LogP) is 9.76. The van der Waals surface area contributed by atoms with Crippen LogP contribution in [0.5, 0.6) is 0 Å². The van der Waals surface area contributed by atoms with Gasteiger partial charge in [-0.3, -0.25) is 0 Å². The minimum absolute atomic E-state index is 1.16. The first-order chi connectivity index (χ1) is 12.7. The van der Waals surface area contributed by atoms with Gasteiger partial charge < -0.3 is 0 Å². The van der Waals surface area contributed by atoms with Gasteiger partial charge in [-0.15, -0.1) is 13.2 Å². The summed E-state index contributed by atoms with van der Waals surface area (Å²) in [6, 6.07) is 0. The van der Waals surface area contributed by atoms with Crippen LogP contribution in [0.15, 0.2) is 61.8 Å². The molecule has 0 unspecified atom stereocenters. The SMILES string of the molecule is C=CCCCCC=CC.C=CCCCCCC=CCC.CC=CCCC. The number of hydrogen-bond acceptors (Lipinski definition) is 0. The Kier molecular flexibility index (Phi) is 39.6. The van der Waals surface area contributed by atoms with E-state index in [4.69, 9.17) is 0 Å². The maximum atomic E-state index is 3.69. The van der Waals surface area contributed by atoms with Crippen LogP contribution in [0.2, 0.25) is 0 Å². The average molecular weight is 361 g/mol. The molecule has 0 rings (SSSR count). The van der Waals surface area contributed by atoms with Gasteiger partial charge in [0.2, 0.25) is 0 Å². The second kappa shape index (κ2) is 34.9. The normalized spacial score (nSPS) is 10.5. The average Bonchev–Trinajstić information content (AvgIpc) is 2.67. The van der Waals surface area contributed by atoms with E-state index in [2.05, 4.69) is 77.3 Å². The Bertz CT molecular complexity index is 317. The van der Waals surface area contributed by atoms with Crippen molar-refractivity contribution in [1.29, 1.82) is 0 Å². The third-order valence-electron chi connectivity index (χ3n) is 3.64. The number of hydrogen-bond donors (Lipinski definition) is 0. The molecule has 0 saturated heterocycles. The van der Waals surface area contributed by atoms with Gasteiger partial charge in [-0.1, -0.05) is 75.3 Å². The van der Waals surface area contributed by atoms with Crippen molar-refractivity contribution in [2.24, 2.45) is 0 Å². The van der Waals surface area contributed by atoms with E-state index in [1.807, 2.05) is 12.2 Å². The molecule has 0 aliphatic rings. The van der Waals surface area contributed by atoms with Crippen LogP contribution in [-0.2, 0) is 0 Å². The first kappa shape index (κ1) is 29.5. The van der Waals surface area contributed by atoms with E-state index in [-0.39, 0.29) is 0 Å². The Morgan fingerprint density at radius 2 is 1.00 bits per heavy atom. The quantitative estimate of drug-likeness (QED) is 0.213. The van der Waals surface area contributed by atoms with Gasteiger partial charge in [0.15, 0.2) is 0 Å². The van der Waals surface area contributed by atoms with Crippen LogP contribution in [0, 0.1) is 0 Å². The van der Waals surface area contributed by atoms with Crippen molar-refractivity contribution < 1.29 is 0 Å². The zero-order valence-electron chi connectivity index (χ0n) is 18.5. The molecular formula is C26H48. The van der Waals surface area contributed by atoms with Gasteiger partial charge in [0, 0.05) is 0 Å². The summed E-state index contributed by atoms with van der Waals surface area (Å²) in [7, 11) is 0. The molecule has 0 bridgehead atoms. The molecule has 0 N–H and O–H groups in total. The number of allylic oxidation sites excluding steroid dienone is 8. The largest absolute Gasteiger partial charge is 0.103 e. The summed E-state index contributed by atoms with van der Waals surface area (Å²) in [6.07, 6.45) is 32.2. The molecule has 0 fully saturated rings. The molecule has 0 aliphatic heterocycles. The molecule has 0 heterocycles. The van der Waals surface area contributed by atoms with E-state index < -0.39 is 0 Å². The van der Waals surface area contributed by atoms with Gasteiger partial charge >= 0.3 is 0 Å². The summed E-state index contributed by atoms with van der Waals surface area (Å²) in [5.41, 5.74) is 0. The molecular weight excluding hydrogens is 312 g/mol. The summed E-state index contributed by atoms with van der Waals surface area (Å²) >= 11 is 0. The highest BCUT2D eigenvalue weighted by molar-refractivity contribution is 4.80. The summed E-state index contributed by atoms with van der Waals surface area (Å²) in [5, 5.41) is 0. The minimum Gasteiger partial charge on any atom is -0.103 e. The summed E-state index contributed by atoms with van der Waals surface area (Å²) in [5.74, 6) is 0. The van der Waals surface area contributed by atoms with E-state index in [0.29, 0.717) is 0 Å². The van der Waals surface area contributed by atoms with E-state index in [0.717, 1.165) is 6.42 Å². The lowest BCUT2D eigenvalue weighted by Crippen LogP contribution is -1.73. The summed E-state index contributed by atoms with van der Waals surface area (Å²) in [6.45, 7) is 15.8. The lowest BCUT2D eigenvalue weighted by Gasteiger charge is -1.93. The molecule has 0 atom stereocenters. The number of unbranched alkanes of at least 4 members (excludes halogenated alkanes) is 8. The van der Waals surface area contributed by atoms with Crippen molar-refractivity contribution in [3.05, 3.63) is 61.8 Å². The molecule has 0 saturated carbocycles. The van der Waals surface area contributed by atoms with Crippen LogP contribution < -0.4 is 0 Å². The van der Waals surface area contributed by atoms with E-state index in [1.165, 1.54) is 70.6 Å². The molecule has 0 radical (unpaired) electrons. The highest BCUT2D eigenvalue weighted by Gasteiger charge is 1.84. The van der Waals surface area contributed by atoms with Crippen molar-refractivity contribution in [1.82, 2.24) is 0 Å². The highest BCUT2D eigenvalue weighted by atomic mass is 13.9. The van der Waals surface area contributed by atoms with Crippen molar-refractivity contribution in [2.75, 3.05) is 0 Å². The van der Waals surface area contributed by atoms with Gasteiger partial charge in [0.05, 0.1) is 0 Å². The maximum absolute atomic E-state index is 3.69. The first-order valence-electron chi connectivity index (χ1n) is 10.8. The Morgan fingerprint density at radius 1 is 0.538 bits per heavy atom. The smallest absolute Gasteiger partial charge is 0.0351 e. The molecule has 0 aromatic heterocycles. The molecule has 0 aliphatic carbocycles. The molecule has 0 aromatic carbocycles. The molecule has 0 heteroatoms. The predicted molar refractivity (Wildman–Crippen MR) is 126 cm³/mol. The molecule has 0 amide bonds. The van der Waals surface area contributed by atoms with E-state index >= 15 is 0 Å². The highest BCUT2D eigenvalue weighted by Crippen LogP contribution is 2.03. The first-order valence-corrected chi connectivity index (χ1v) is 10.8. The molecule has 0 aromatic rings. The minimum atomic E-state index is 1.16. The molecule has 152 valence electrons. The van der Waals surface area contributed by atoms with E-state index in [1.54, 1.807) is 0 Å². The van der Waals surface area contributed by atoms with Crippen LogP contribution in [0.1, 0.15) is 105 Å². The topological polar surface area (TPSA) is 0 Å². The van der Waals surface area contributed by atoms with Gasteiger partial charge in [-0.2, -0.15) is 0 Å². The zero-order chi connectivity index (χ0) is 20.1. The van der Waals surface area contributed by atoms with Crippen LogP contribution in [0.4, 0.5) is 0 Å². The molecule has 0 spiro atoms. The fraction of sp³-hybridized carbons (Fsp3) is 0.615. The van der Waals surface area contributed by atoms with Crippen LogP contribution >= 0.6 is 0 Å². The Morgan fingerprint density at radius 3 is 1.46 bits per heavy atom. The lowest BCUT2D eigenvalue weighted by atomic mass is 10.1. The molecule has 26 heavy (non-hydrogen) atoms. The Labute approximate surface area is 166 Å². The maximum Gasteiger partial charge on any atom is -0.0351 e. The van der Waals surface area contributed by atoms with Gasteiger partial charge in [0.25, 0.3) is 0 Å². The van der Waals surface area contributed by atoms with Gasteiger partial charge in [-0.25, -0.2) is 0 Å². The van der Waals surface area contributed by atoms with Crippen molar-refractivity contribution >= 4 is 0 Å².